The molecule has 86 valence electrons. The van der Waals surface area contributed by atoms with Crippen molar-refractivity contribution in [3.8, 4) is 0 Å². The van der Waals surface area contributed by atoms with E-state index in [1.165, 1.54) is 0 Å². The summed E-state index contributed by atoms with van der Waals surface area (Å²) in [6.45, 7) is 4.18. The summed E-state index contributed by atoms with van der Waals surface area (Å²) in [5.74, 6) is 0. The van der Waals surface area contributed by atoms with Gasteiger partial charge in [-0.15, -0.1) is 0 Å². The van der Waals surface area contributed by atoms with Crippen molar-refractivity contribution >= 4 is 0 Å². The van der Waals surface area contributed by atoms with Crippen LogP contribution < -0.4 is 0 Å². The van der Waals surface area contributed by atoms with Gasteiger partial charge in [-0.1, -0.05) is 6.92 Å². The fraction of sp³-hybridized carbons (Fsp3) is 0.667. The molecule has 1 heterocycles. The maximum atomic E-state index is 10.2. The smallest absolute Gasteiger partial charge is 0.0935 e. The van der Waals surface area contributed by atoms with Gasteiger partial charge in [-0.2, -0.15) is 0 Å². The highest BCUT2D eigenvalue weighted by atomic mass is 16.3. The first kappa shape index (κ1) is 12.3. The van der Waals surface area contributed by atoms with E-state index in [4.69, 9.17) is 4.42 Å². The molecule has 0 aromatic carbocycles. The SMILES string of the molecule is CCC(C)(C(O)Cc1ccoc1)N(C)C. The van der Waals surface area contributed by atoms with Crippen molar-refractivity contribution in [2.24, 2.45) is 0 Å². The largest absolute Gasteiger partial charge is 0.472 e. The van der Waals surface area contributed by atoms with E-state index in [-0.39, 0.29) is 11.6 Å². The first-order valence-corrected chi connectivity index (χ1v) is 5.37. The topological polar surface area (TPSA) is 36.6 Å². The van der Waals surface area contributed by atoms with Crippen molar-refractivity contribution in [3.05, 3.63) is 24.2 Å². The molecule has 0 fully saturated rings. The highest BCUT2D eigenvalue weighted by molar-refractivity contribution is 5.09. The Hall–Kier alpha value is -0.800. The summed E-state index contributed by atoms with van der Waals surface area (Å²) in [4.78, 5) is 2.08. The van der Waals surface area contributed by atoms with Crippen LogP contribution in [0.25, 0.3) is 0 Å². The monoisotopic (exact) mass is 211 g/mol. The molecule has 0 aliphatic carbocycles. The quantitative estimate of drug-likeness (QED) is 0.808. The minimum Gasteiger partial charge on any atom is -0.472 e. The van der Waals surface area contributed by atoms with Crippen LogP contribution in [0.1, 0.15) is 25.8 Å². The molecule has 0 aliphatic rings. The van der Waals surface area contributed by atoms with Crippen LogP contribution in [-0.4, -0.2) is 35.7 Å². The van der Waals surface area contributed by atoms with Gasteiger partial charge in [-0.05, 0) is 39.1 Å². The number of likely N-dealkylation sites (N-methyl/N-ethyl adjacent to an activating group) is 1. The lowest BCUT2D eigenvalue weighted by Gasteiger charge is -2.39. The van der Waals surface area contributed by atoms with Gasteiger partial charge < -0.3 is 14.4 Å². The van der Waals surface area contributed by atoms with Crippen LogP contribution in [0.5, 0.6) is 0 Å². The Labute approximate surface area is 91.7 Å². The number of aliphatic hydroxyl groups excluding tert-OH is 1. The summed E-state index contributed by atoms with van der Waals surface area (Å²) in [5.41, 5.74) is 0.862. The molecule has 2 atom stereocenters. The number of furan rings is 1. The van der Waals surface area contributed by atoms with Crippen molar-refractivity contribution in [2.75, 3.05) is 14.1 Å². The van der Waals surface area contributed by atoms with Gasteiger partial charge in [0.15, 0.2) is 0 Å². The molecule has 2 unspecified atom stereocenters. The summed E-state index contributed by atoms with van der Waals surface area (Å²) in [5, 5.41) is 10.2. The van der Waals surface area contributed by atoms with Crippen LogP contribution in [0.3, 0.4) is 0 Å². The third kappa shape index (κ3) is 2.61. The van der Waals surface area contributed by atoms with Crippen LogP contribution in [0.15, 0.2) is 23.0 Å². The van der Waals surface area contributed by atoms with Gasteiger partial charge in [0.2, 0.25) is 0 Å². The van der Waals surface area contributed by atoms with E-state index >= 15 is 0 Å². The second kappa shape index (κ2) is 4.81. The number of hydrogen-bond acceptors (Lipinski definition) is 3. The minimum absolute atomic E-state index is 0.183. The van der Waals surface area contributed by atoms with Gasteiger partial charge in [0.1, 0.15) is 0 Å². The Bertz CT molecular complexity index is 282. The molecule has 0 radical (unpaired) electrons. The zero-order valence-electron chi connectivity index (χ0n) is 10.0. The lowest BCUT2D eigenvalue weighted by atomic mass is 9.87. The summed E-state index contributed by atoms with van der Waals surface area (Å²) in [6, 6.07) is 1.90. The fourth-order valence-corrected chi connectivity index (χ4v) is 1.70. The van der Waals surface area contributed by atoms with Crippen molar-refractivity contribution in [1.29, 1.82) is 0 Å². The van der Waals surface area contributed by atoms with E-state index in [0.29, 0.717) is 6.42 Å². The van der Waals surface area contributed by atoms with E-state index < -0.39 is 0 Å². The highest BCUT2D eigenvalue weighted by Crippen LogP contribution is 2.23. The van der Waals surface area contributed by atoms with E-state index in [1.807, 2.05) is 20.2 Å². The van der Waals surface area contributed by atoms with Crippen molar-refractivity contribution in [2.45, 2.75) is 38.3 Å². The Balaban J connectivity index is 2.69. The molecule has 0 amide bonds. The molecule has 0 saturated carbocycles. The van der Waals surface area contributed by atoms with Gasteiger partial charge in [0, 0.05) is 12.0 Å². The third-order valence-electron chi connectivity index (χ3n) is 3.46. The number of rotatable bonds is 5. The molecule has 1 rings (SSSR count). The van der Waals surface area contributed by atoms with Crippen LogP contribution in [0.2, 0.25) is 0 Å². The first-order valence-electron chi connectivity index (χ1n) is 5.37. The zero-order valence-corrected chi connectivity index (χ0v) is 10.0. The van der Waals surface area contributed by atoms with E-state index in [2.05, 4.69) is 18.7 Å². The number of nitrogens with zero attached hydrogens (tertiary/aromatic N) is 1. The van der Waals surface area contributed by atoms with Crippen LogP contribution in [0, 0.1) is 0 Å². The maximum absolute atomic E-state index is 10.2. The molecule has 3 heteroatoms. The molecule has 1 aromatic heterocycles. The Kier molecular flexibility index (Phi) is 3.94. The Morgan fingerprint density at radius 2 is 2.20 bits per heavy atom. The van der Waals surface area contributed by atoms with Gasteiger partial charge in [-0.25, -0.2) is 0 Å². The van der Waals surface area contributed by atoms with Crippen molar-refractivity contribution < 1.29 is 9.52 Å². The molecule has 1 aromatic rings. The molecular formula is C12H21NO2. The molecule has 3 nitrogen and oxygen atoms in total. The molecule has 0 saturated heterocycles. The predicted octanol–water partition coefficient (Wildman–Crippen LogP) is 1.91. The van der Waals surface area contributed by atoms with Crippen molar-refractivity contribution in [1.82, 2.24) is 4.90 Å². The molecule has 0 bridgehead atoms. The van der Waals surface area contributed by atoms with Gasteiger partial charge in [0.25, 0.3) is 0 Å². The average molecular weight is 211 g/mol. The Morgan fingerprint density at radius 3 is 2.60 bits per heavy atom. The lowest BCUT2D eigenvalue weighted by Crippen LogP contribution is -2.51. The van der Waals surface area contributed by atoms with Gasteiger partial charge in [-0.3, -0.25) is 0 Å². The Morgan fingerprint density at radius 1 is 1.53 bits per heavy atom. The second-order valence-corrected chi connectivity index (χ2v) is 4.46. The normalized spacial score (nSPS) is 17.7. The molecule has 0 aliphatic heterocycles. The molecule has 15 heavy (non-hydrogen) atoms. The van der Waals surface area contributed by atoms with Crippen LogP contribution >= 0.6 is 0 Å². The summed E-state index contributed by atoms with van der Waals surface area (Å²) >= 11 is 0. The first-order chi connectivity index (χ1) is 7.00. The third-order valence-corrected chi connectivity index (χ3v) is 3.46. The van der Waals surface area contributed by atoms with Gasteiger partial charge in [0.05, 0.1) is 18.6 Å². The molecule has 1 N–H and O–H groups in total. The van der Waals surface area contributed by atoms with Crippen LogP contribution in [-0.2, 0) is 6.42 Å². The standard InChI is InChI=1S/C12H21NO2/c1-5-12(2,13(3)4)11(14)8-10-6-7-15-9-10/h6-7,9,11,14H,5,8H2,1-4H3. The van der Waals surface area contributed by atoms with Crippen molar-refractivity contribution in [3.63, 3.8) is 0 Å². The lowest BCUT2D eigenvalue weighted by molar-refractivity contribution is 0.00294. The summed E-state index contributed by atoms with van der Waals surface area (Å²) < 4.78 is 5.00. The second-order valence-electron chi connectivity index (χ2n) is 4.46. The van der Waals surface area contributed by atoms with Gasteiger partial charge >= 0.3 is 0 Å². The average Bonchev–Trinajstić information content (AvgIpc) is 2.68. The highest BCUT2D eigenvalue weighted by Gasteiger charge is 2.33. The van der Waals surface area contributed by atoms with E-state index in [0.717, 1.165) is 12.0 Å². The van der Waals surface area contributed by atoms with Crippen LogP contribution in [0.4, 0.5) is 0 Å². The number of aliphatic hydroxyl groups is 1. The predicted molar refractivity (Wildman–Crippen MR) is 60.8 cm³/mol. The maximum Gasteiger partial charge on any atom is 0.0935 e. The molecule has 0 spiro atoms. The summed E-state index contributed by atoms with van der Waals surface area (Å²) in [7, 11) is 4.00. The van der Waals surface area contributed by atoms with E-state index in [9.17, 15) is 5.11 Å². The zero-order chi connectivity index (χ0) is 11.5. The van der Waals surface area contributed by atoms with E-state index in [1.54, 1.807) is 12.5 Å². The number of hydrogen-bond donors (Lipinski definition) is 1. The molecular weight excluding hydrogens is 190 g/mol. The summed E-state index contributed by atoms with van der Waals surface area (Å²) in [6.07, 6.45) is 4.50. The minimum atomic E-state index is -0.380. The fourth-order valence-electron chi connectivity index (χ4n) is 1.70.